The standard InChI is InChI=1S/C13H17Cl2N3O3S/c1-22(20,21)18-6-2-3-10(8-18)17-13(19)16-9-4-5-11(14)12(15)7-9/h4-5,7,10H,2-3,6,8H2,1H3,(H2,16,17,19). The van der Waals surface area contributed by atoms with Gasteiger partial charge in [-0.05, 0) is 31.0 Å². The van der Waals surface area contributed by atoms with Crippen LogP contribution in [0.1, 0.15) is 12.8 Å². The number of anilines is 1. The molecule has 1 aliphatic rings. The van der Waals surface area contributed by atoms with Crippen molar-refractivity contribution in [1.29, 1.82) is 0 Å². The molecule has 0 aliphatic carbocycles. The molecular formula is C13H17Cl2N3O3S. The summed E-state index contributed by atoms with van der Waals surface area (Å²) in [7, 11) is -3.23. The summed E-state index contributed by atoms with van der Waals surface area (Å²) in [5.41, 5.74) is 0.516. The largest absolute Gasteiger partial charge is 0.334 e. The van der Waals surface area contributed by atoms with Gasteiger partial charge in [0.05, 0.1) is 16.3 Å². The maximum Gasteiger partial charge on any atom is 0.319 e. The lowest BCUT2D eigenvalue weighted by molar-refractivity contribution is 0.236. The topological polar surface area (TPSA) is 78.5 Å². The van der Waals surface area contributed by atoms with Crippen LogP contribution in [0.3, 0.4) is 0 Å². The van der Waals surface area contributed by atoms with Gasteiger partial charge in [0, 0.05) is 24.8 Å². The van der Waals surface area contributed by atoms with Crippen molar-refractivity contribution in [2.24, 2.45) is 0 Å². The van der Waals surface area contributed by atoms with Crippen molar-refractivity contribution < 1.29 is 13.2 Å². The van der Waals surface area contributed by atoms with Crippen LogP contribution in [0, 0.1) is 0 Å². The first kappa shape index (κ1) is 17.3. The SMILES string of the molecule is CS(=O)(=O)N1CCCC(NC(=O)Nc2ccc(Cl)c(Cl)c2)C1. The lowest BCUT2D eigenvalue weighted by Crippen LogP contribution is -2.50. The fourth-order valence-electron chi connectivity index (χ4n) is 2.29. The Hall–Kier alpha value is -1.02. The maximum absolute atomic E-state index is 12.0. The van der Waals surface area contributed by atoms with Gasteiger partial charge in [-0.3, -0.25) is 0 Å². The molecule has 122 valence electrons. The summed E-state index contributed by atoms with van der Waals surface area (Å²) in [6.45, 7) is 0.777. The van der Waals surface area contributed by atoms with Gasteiger partial charge in [0.1, 0.15) is 0 Å². The van der Waals surface area contributed by atoms with Gasteiger partial charge in [0.25, 0.3) is 0 Å². The summed E-state index contributed by atoms with van der Waals surface area (Å²) in [4.78, 5) is 12.0. The van der Waals surface area contributed by atoms with E-state index >= 15 is 0 Å². The summed E-state index contributed by atoms with van der Waals surface area (Å²) >= 11 is 11.7. The summed E-state index contributed by atoms with van der Waals surface area (Å²) in [6.07, 6.45) is 2.62. The molecule has 1 heterocycles. The van der Waals surface area contributed by atoms with Crippen molar-refractivity contribution >= 4 is 44.9 Å². The zero-order valence-electron chi connectivity index (χ0n) is 12.0. The van der Waals surface area contributed by atoms with E-state index in [1.165, 1.54) is 10.6 Å². The predicted octanol–water partition coefficient (Wildman–Crippen LogP) is 2.54. The average Bonchev–Trinajstić information content (AvgIpc) is 2.42. The lowest BCUT2D eigenvalue weighted by Gasteiger charge is -2.31. The highest BCUT2D eigenvalue weighted by Crippen LogP contribution is 2.25. The summed E-state index contributed by atoms with van der Waals surface area (Å²) in [6, 6.07) is 4.15. The molecule has 2 N–H and O–H groups in total. The minimum atomic E-state index is -3.23. The Bertz CT molecular complexity index is 666. The number of amides is 2. The predicted molar refractivity (Wildman–Crippen MR) is 88.1 cm³/mol. The molecule has 1 saturated heterocycles. The molecule has 1 aliphatic heterocycles. The molecule has 0 spiro atoms. The number of sulfonamides is 1. The van der Waals surface area contributed by atoms with E-state index < -0.39 is 16.1 Å². The molecule has 0 bridgehead atoms. The van der Waals surface area contributed by atoms with Gasteiger partial charge in [-0.25, -0.2) is 17.5 Å². The molecular weight excluding hydrogens is 349 g/mol. The molecule has 1 fully saturated rings. The number of urea groups is 1. The normalized spacial score (nSPS) is 19.7. The summed E-state index contributed by atoms with van der Waals surface area (Å²) in [5, 5.41) is 6.17. The van der Waals surface area contributed by atoms with Gasteiger partial charge < -0.3 is 10.6 Å². The number of piperidine rings is 1. The number of hydrogen-bond acceptors (Lipinski definition) is 3. The van der Waals surface area contributed by atoms with E-state index in [-0.39, 0.29) is 12.6 Å². The van der Waals surface area contributed by atoms with Gasteiger partial charge in [0.2, 0.25) is 10.0 Å². The van der Waals surface area contributed by atoms with Crippen molar-refractivity contribution in [1.82, 2.24) is 9.62 Å². The zero-order chi connectivity index (χ0) is 16.3. The smallest absolute Gasteiger partial charge is 0.319 e. The minimum Gasteiger partial charge on any atom is -0.334 e. The highest BCUT2D eigenvalue weighted by molar-refractivity contribution is 7.88. The number of nitrogens with one attached hydrogen (secondary N) is 2. The summed E-state index contributed by atoms with van der Waals surface area (Å²) < 4.78 is 24.5. The van der Waals surface area contributed by atoms with Crippen molar-refractivity contribution in [3.63, 3.8) is 0 Å². The Balaban J connectivity index is 1.92. The van der Waals surface area contributed by atoms with E-state index in [0.29, 0.717) is 28.7 Å². The van der Waals surface area contributed by atoms with Crippen LogP contribution >= 0.6 is 23.2 Å². The molecule has 1 atom stereocenters. The molecule has 0 radical (unpaired) electrons. The van der Waals surface area contributed by atoms with E-state index in [1.807, 2.05) is 0 Å². The van der Waals surface area contributed by atoms with E-state index in [0.717, 1.165) is 6.42 Å². The Morgan fingerprint density at radius 2 is 2.05 bits per heavy atom. The van der Waals surface area contributed by atoms with Crippen molar-refractivity contribution in [2.75, 3.05) is 24.7 Å². The highest BCUT2D eigenvalue weighted by atomic mass is 35.5. The van der Waals surface area contributed by atoms with Gasteiger partial charge in [-0.2, -0.15) is 0 Å². The van der Waals surface area contributed by atoms with Crippen LogP contribution in [-0.2, 0) is 10.0 Å². The van der Waals surface area contributed by atoms with Crippen molar-refractivity contribution in [3.8, 4) is 0 Å². The molecule has 0 aromatic heterocycles. The number of nitrogens with zero attached hydrogens (tertiary/aromatic N) is 1. The molecule has 9 heteroatoms. The molecule has 2 amide bonds. The third-order valence-electron chi connectivity index (χ3n) is 3.37. The molecule has 1 aromatic carbocycles. The molecule has 0 saturated carbocycles. The number of rotatable bonds is 3. The molecule has 1 aromatic rings. The van der Waals surface area contributed by atoms with E-state index in [2.05, 4.69) is 10.6 Å². The molecule has 2 rings (SSSR count). The molecule has 1 unspecified atom stereocenters. The second-order valence-electron chi connectivity index (χ2n) is 5.19. The van der Waals surface area contributed by atoms with Crippen molar-refractivity contribution in [2.45, 2.75) is 18.9 Å². The first-order chi connectivity index (χ1) is 10.3. The quantitative estimate of drug-likeness (QED) is 0.863. The Kier molecular flexibility index (Phi) is 5.55. The summed E-state index contributed by atoms with van der Waals surface area (Å²) in [5.74, 6) is 0. The van der Waals surface area contributed by atoms with Crippen LogP contribution in [0.2, 0.25) is 10.0 Å². The maximum atomic E-state index is 12.0. The third-order valence-corrected chi connectivity index (χ3v) is 5.37. The Morgan fingerprint density at radius 1 is 1.32 bits per heavy atom. The number of benzene rings is 1. The van der Waals surface area contributed by atoms with E-state index in [1.54, 1.807) is 18.2 Å². The fourth-order valence-corrected chi connectivity index (χ4v) is 3.50. The van der Waals surface area contributed by atoms with Crippen LogP contribution in [-0.4, -0.2) is 44.1 Å². The number of carbonyl (C=O) groups excluding carboxylic acids is 1. The van der Waals surface area contributed by atoms with Gasteiger partial charge in [-0.15, -0.1) is 0 Å². The zero-order valence-corrected chi connectivity index (χ0v) is 14.3. The van der Waals surface area contributed by atoms with Crippen LogP contribution in [0.5, 0.6) is 0 Å². The van der Waals surface area contributed by atoms with Crippen LogP contribution in [0.25, 0.3) is 0 Å². The van der Waals surface area contributed by atoms with Crippen LogP contribution < -0.4 is 10.6 Å². The average molecular weight is 366 g/mol. The minimum absolute atomic E-state index is 0.216. The number of hydrogen-bond donors (Lipinski definition) is 2. The fraction of sp³-hybridized carbons (Fsp3) is 0.462. The van der Waals surface area contributed by atoms with Gasteiger partial charge >= 0.3 is 6.03 Å². The molecule has 22 heavy (non-hydrogen) atoms. The number of carbonyl (C=O) groups is 1. The first-order valence-electron chi connectivity index (χ1n) is 6.73. The third kappa shape index (κ3) is 4.74. The van der Waals surface area contributed by atoms with Crippen molar-refractivity contribution in [3.05, 3.63) is 28.2 Å². The van der Waals surface area contributed by atoms with Crippen LogP contribution in [0.4, 0.5) is 10.5 Å². The Labute approximate surface area is 139 Å². The van der Waals surface area contributed by atoms with Gasteiger partial charge in [0.15, 0.2) is 0 Å². The monoisotopic (exact) mass is 365 g/mol. The first-order valence-corrected chi connectivity index (χ1v) is 9.34. The highest BCUT2D eigenvalue weighted by Gasteiger charge is 2.26. The number of halogens is 2. The second-order valence-corrected chi connectivity index (χ2v) is 7.98. The second kappa shape index (κ2) is 7.04. The van der Waals surface area contributed by atoms with Crippen LogP contribution in [0.15, 0.2) is 18.2 Å². The Morgan fingerprint density at radius 3 is 2.68 bits per heavy atom. The van der Waals surface area contributed by atoms with E-state index in [9.17, 15) is 13.2 Å². The lowest BCUT2D eigenvalue weighted by atomic mass is 10.1. The molecule has 6 nitrogen and oxygen atoms in total. The van der Waals surface area contributed by atoms with Gasteiger partial charge in [-0.1, -0.05) is 23.2 Å². The van der Waals surface area contributed by atoms with E-state index in [4.69, 9.17) is 23.2 Å².